The maximum Gasteiger partial charge on any atom is 0.341 e. The molecule has 148 valence electrons. The summed E-state index contributed by atoms with van der Waals surface area (Å²) in [6.07, 6.45) is -1.05. The van der Waals surface area contributed by atoms with Crippen LogP contribution in [0.2, 0.25) is 0 Å². The number of ether oxygens (including phenoxy) is 2. The second kappa shape index (κ2) is 9.55. The minimum Gasteiger partial charge on any atom is -0.497 e. The number of Topliss-reactive ketones (excluding diaryl/α,β-unsaturated/α-hetero) is 1. The molecular weight excluding hydrogens is 366 g/mol. The van der Waals surface area contributed by atoms with Crippen LogP contribution in [0.25, 0.3) is 0 Å². The van der Waals surface area contributed by atoms with Gasteiger partial charge in [-0.05, 0) is 43.3 Å². The molecule has 1 atom stereocenters. The summed E-state index contributed by atoms with van der Waals surface area (Å²) in [7, 11) is 1.56. The molecule has 5 heteroatoms. The highest BCUT2D eigenvalue weighted by Crippen LogP contribution is 2.26. The second-order valence-corrected chi connectivity index (χ2v) is 6.36. The third-order valence-corrected chi connectivity index (χ3v) is 4.45. The van der Waals surface area contributed by atoms with E-state index in [-0.39, 0.29) is 5.78 Å². The van der Waals surface area contributed by atoms with E-state index >= 15 is 0 Å². The van der Waals surface area contributed by atoms with Crippen molar-refractivity contribution in [1.29, 1.82) is 0 Å². The van der Waals surface area contributed by atoms with E-state index in [1.807, 2.05) is 37.3 Å². The van der Waals surface area contributed by atoms with E-state index in [0.717, 1.165) is 0 Å². The number of hydrogen-bond donors (Lipinski definition) is 1. The Morgan fingerprint density at radius 3 is 2.21 bits per heavy atom. The summed E-state index contributed by atoms with van der Waals surface area (Å²) >= 11 is 0. The SMILES string of the molecule is CCNc1ccccc1C(=O)OC(C(=O)c1ccc(OC)cc1)c1ccccc1. The summed E-state index contributed by atoms with van der Waals surface area (Å²) < 4.78 is 10.9. The molecule has 0 aliphatic heterocycles. The molecule has 0 amide bonds. The van der Waals surface area contributed by atoms with Crippen LogP contribution in [0.3, 0.4) is 0 Å². The van der Waals surface area contributed by atoms with Crippen molar-refractivity contribution in [3.63, 3.8) is 0 Å². The lowest BCUT2D eigenvalue weighted by Crippen LogP contribution is -2.21. The Morgan fingerprint density at radius 2 is 1.55 bits per heavy atom. The van der Waals surface area contributed by atoms with Gasteiger partial charge in [0.2, 0.25) is 5.78 Å². The lowest BCUT2D eigenvalue weighted by Gasteiger charge is -2.19. The van der Waals surface area contributed by atoms with Crippen molar-refractivity contribution >= 4 is 17.4 Å². The average molecular weight is 389 g/mol. The van der Waals surface area contributed by atoms with Crippen LogP contribution >= 0.6 is 0 Å². The highest BCUT2D eigenvalue weighted by atomic mass is 16.5. The van der Waals surface area contributed by atoms with Crippen LogP contribution in [-0.2, 0) is 4.74 Å². The maximum absolute atomic E-state index is 13.2. The Morgan fingerprint density at radius 1 is 0.897 bits per heavy atom. The van der Waals surface area contributed by atoms with Gasteiger partial charge in [-0.25, -0.2) is 4.79 Å². The van der Waals surface area contributed by atoms with Crippen molar-refractivity contribution in [2.75, 3.05) is 19.0 Å². The van der Waals surface area contributed by atoms with Gasteiger partial charge in [0.1, 0.15) is 5.75 Å². The standard InChI is InChI=1S/C24H23NO4/c1-3-25-21-12-8-7-11-20(21)24(27)29-23(18-9-5-4-6-10-18)22(26)17-13-15-19(28-2)16-14-17/h4-16,23,25H,3H2,1-2H3. The number of esters is 1. The molecular formula is C24H23NO4. The van der Waals surface area contributed by atoms with Crippen molar-refractivity contribution in [2.24, 2.45) is 0 Å². The van der Waals surface area contributed by atoms with Crippen LogP contribution in [0.15, 0.2) is 78.9 Å². The van der Waals surface area contributed by atoms with Crippen molar-refractivity contribution in [3.8, 4) is 5.75 Å². The van der Waals surface area contributed by atoms with Crippen LogP contribution in [0.1, 0.15) is 39.3 Å². The second-order valence-electron chi connectivity index (χ2n) is 6.36. The molecule has 0 fully saturated rings. The van der Waals surface area contributed by atoms with Gasteiger partial charge in [0.25, 0.3) is 0 Å². The van der Waals surface area contributed by atoms with E-state index < -0.39 is 12.1 Å². The molecule has 0 heterocycles. The Kier molecular flexibility index (Phi) is 6.63. The molecule has 0 aromatic heterocycles. The topological polar surface area (TPSA) is 64.6 Å². The maximum atomic E-state index is 13.2. The zero-order valence-electron chi connectivity index (χ0n) is 16.4. The average Bonchev–Trinajstić information content (AvgIpc) is 2.78. The lowest BCUT2D eigenvalue weighted by atomic mass is 9.99. The van der Waals surface area contributed by atoms with Gasteiger partial charge in [-0.15, -0.1) is 0 Å². The third-order valence-electron chi connectivity index (χ3n) is 4.45. The molecule has 3 rings (SSSR count). The number of methoxy groups -OCH3 is 1. The van der Waals surface area contributed by atoms with Gasteiger partial charge in [0, 0.05) is 23.4 Å². The van der Waals surface area contributed by atoms with Gasteiger partial charge >= 0.3 is 5.97 Å². The molecule has 5 nitrogen and oxygen atoms in total. The molecule has 0 saturated carbocycles. The number of nitrogens with one attached hydrogen (secondary N) is 1. The van der Waals surface area contributed by atoms with E-state index in [1.54, 1.807) is 55.6 Å². The van der Waals surface area contributed by atoms with E-state index in [0.29, 0.717) is 34.7 Å². The Hall–Kier alpha value is -3.60. The molecule has 0 aliphatic rings. The van der Waals surface area contributed by atoms with Gasteiger partial charge < -0.3 is 14.8 Å². The quantitative estimate of drug-likeness (QED) is 0.438. The number of ketones is 1. The fourth-order valence-electron chi connectivity index (χ4n) is 2.98. The third kappa shape index (κ3) is 4.82. The molecule has 0 bridgehead atoms. The number of carbonyl (C=O) groups excluding carboxylic acids is 2. The van der Waals surface area contributed by atoms with Gasteiger partial charge in [0.05, 0.1) is 12.7 Å². The first-order valence-electron chi connectivity index (χ1n) is 9.41. The normalized spacial score (nSPS) is 11.4. The number of anilines is 1. The summed E-state index contributed by atoms with van der Waals surface area (Å²) in [5.74, 6) is -0.209. The molecule has 1 unspecified atom stereocenters. The number of carbonyl (C=O) groups is 2. The van der Waals surface area contributed by atoms with Crippen LogP contribution in [0.5, 0.6) is 5.75 Å². The first kappa shape index (κ1) is 20.1. The van der Waals surface area contributed by atoms with E-state index in [9.17, 15) is 9.59 Å². The van der Waals surface area contributed by atoms with Crippen molar-refractivity contribution < 1.29 is 19.1 Å². The number of benzene rings is 3. The zero-order chi connectivity index (χ0) is 20.6. The van der Waals surface area contributed by atoms with Crippen LogP contribution in [-0.4, -0.2) is 25.4 Å². The van der Waals surface area contributed by atoms with Gasteiger partial charge in [-0.1, -0.05) is 42.5 Å². The number of para-hydroxylation sites is 1. The van der Waals surface area contributed by atoms with Gasteiger partial charge in [-0.2, -0.15) is 0 Å². The van der Waals surface area contributed by atoms with Crippen molar-refractivity contribution in [2.45, 2.75) is 13.0 Å². The van der Waals surface area contributed by atoms with E-state index in [2.05, 4.69) is 5.32 Å². The smallest absolute Gasteiger partial charge is 0.341 e. The summed E-state index contributed by atoms with van der Waals surface area (Å²) in [6.45, 7) is 2.61. The largest absolute Gasteiger partial charge is 0.497 e. The molecule has 0 spiro atoms. The lowest BCUT2D eigenvalue weighted by molar-refractivity contribution is 0.0281. The van der Waals surface area contributed by atoms with E-state index in [4.69, 9.17) is 9.47 Å². The molecule has 3 aromatic carbocycles. The fourth-order valence-corrected chi connectivity index (χ4v) is 2.98. The minimum absolute atomic E-state index is 0.298. The molecule has 0 saturated heterocycles. The first-order chi connectivity index (χ1) is 14.1. The van der Waals surface area contributed by atoms with Crippen LogP contribution < -0.4 is 10.1 Å². The van der Waals surface area contributed by atoms with Gasteiger partial charge in [0.15, 0.2) is 6.10 Å². The predicted molar refractivity (Wildman–Crippen MR) is 113 cm³/mol. The highest BCUT2D eigenvalue weighted by molar-refractivity contribution is 6.03. The summed E-state index contributed by atoms with van der Waals surface area (Å²) in [5.41, 5.74) is 2.11. The van der Waals surface area contributed by atoms with E-state index in [1.165, 1.54) is 0 Å². The number of hydrogen-bond acceptors (Lipinski definition) is 5. The summed E-state index contributed by atoms with van der Waals surface area (Å²) in [6, 6.07) is 22.8. The molecule has 1 N–H and O–H groups in total. The van der Waals surface area contributed by atoms with Gasteiger partial charge in [-0.3, -0.25) is 4.79 Å². The Balaban J connectivity index is 1.92. The highest BCUT2D eigenvalue weighted by Gasteiger charge is 2.27. The van der Waals surface area contributed by atoms with Crippen LogP contribution in [0, 0.1) is 0 Å². The summed E-state index contributed by atoms with van der Waals surface area (Å²) in [4.78, 5) is 26.1. The van der Waals surface area contributed by atoms with Crippen molar-refractivity contribution in [3.05, 3.63) is 95.6 Å². The molecule has 3 aromatic rings. The zero-order valence-corrected chi connectivity index (χ0v) is 16.4. The van der Waals surface area contributed by atoms with Crippen molar-refractivity contribution in [1.82, 2.24) is 0 Å². The Bertz CT molecular complexity index is 968. The first-order valence-corrected chi connectivity index (χ1v) is 9.41. The summed E-state index contributed by atoms with van der Waals surface area (Å²) in [5, 5.41) is 3.14. The number of rotatable bonds is 8. The monoisotopic (exact) mass is 389 g/mol. The Labute approximate surface area is 170 Å². The fraction of sp³-hybridized carbons (Fsp3) is 0.167. The van der Waals surface area contributed by atoms with Crippen LogP contribution in [0.4, 0.5) is 5.69 Å². The molecule has 0 radical (unpaired) electrons. The predicted octanol–water partition coefficient (Wildman–Crippen LogP) is 4.91. The molecule has 0 aliphatic carbocycles. The molecule has 29 heavy (non-hydrogen) atoms. The minimum atomic E-state index is -1.05.